The Labute approximate surface area is 117 Å². The van der Waals surface area contributed by atoms with Crippen molar-refractivity contribution >= 4 is 23.0 Å². The van der Waals surface area contributed by atoms with Crippen LogP contribution in [0, 0.1) is 0 Å². The minimum atomic E-state index is -0.469. The second-order valence-corrected chi connectivity index (χ2v) is 6.47. The molecule has 0 radical (unpaired) electrons. The van der Waals surface area contributed by atoms with Gasteiger partial charge in [0.05, 0.1) is 22.8 Å². The summed E-state index contributed by atoms with van der Waals surface area (Å²) in [6, 6.07) is 3.78. The van der Waals surface area contributed by atoms with Gasteiger partial charge in [-0.05, 0) is 55.8 Å². The standard InChI is InChI=1S/C12H18BBrN2O2/c1-11(2)12(3,4)18-13(17-11)10(15)9-6-5-8(14)7-16-9/h5-7,10H,15H2,1-4H3. The second-order valence-electron chi connectivity index (χ2n) is 5.55. The molecule has 18 heavy (non-hydrogen) atoms. The van der Waals surface area contributed by atoms with Gasteiger partial charge in [0.1, 0.15) is 0 Å². The molecule has 4 nitrogen and oxygen atoms in total. The van der Waals surface area contributed by atoms with Crippen LogP contribution in [0.25, 0.3) is 0 Å². The number of rotatable bonds is 2. The van der Waals surface area contributed by atoms with E-state index in [1.165, 1.54) is 0 Å². The Kier molecular flexibility index (Phi) is 3.57. The first-order valence-electron chi connectivity index (χ1n) is 5.96. The van der Waals surface area contributed by atoms with E-state index in [0.717, 1.165) is 10.2 Å². The third kappa shape index (κ3) is 2.47. The van der Waals surface area contributed by atoms with Gasteiger partial charge in [-0.2, -0.15) is 0 Å². The number of hydrogen-bond acceptors (Lipinski definition) is 4. The fourth-order valence-corrected chi connectivity index (χ4v) is 1.99. The van der Waals surface area contributed by atoms with Gasteiger partial charge >= 0.3 is 7.12 Å². The van der Waals surface area contributed by atoms with Gasteiger partial charge in [-0.25, -0.2) is 0 Å². The average molecular weight is 313 g/mol. The maximum Gasteiger partial charge on any atom is 0.482 e. The zero-order chi connectivity index (χ0) is 13.6. The van der Waals surface area contributed by atoms with Crippen molar-refractivity contribution in [3.05, 3.63) is 28.5 Å². The summed E-state index contributed by atoms with van der Waals surface area (Å²) in [5.41, 5.74) is 6.18. The summed E-state index contributed by atoms with van der Waals surface area (Å²) >= 11 is 3.35. The number of halogens is 1. The fraction of sp³-hybridized carbons (Fsp3) is 0.583. The normalized spacial score (nSPS) is 23.1. The molecule has 0 saturated carbocycles. The summed E-state index contributed by atoms with van der Waals surface area (Å²) in [7, 11) is -0.469. The zero-order valence-corrected chi connectivity index (χ0v) is 12.7. The molecule has 2 rings (SSSR count). The number of aromatic nitrogens is 1. The van der Waals surface area contributed by atoms with Crippen molar-refractivity contribution in [3.8, 4) is 0 Å². The molecule has 1 fully saturated rings. The molecule has 0 aromatic carbocycles. The molecule has 2 N–H and O–H groups in total. The first kappa shape index (κ1) is 14.0. The molecule has 0 aliphatic carbocycles. The summed E-state index contributed by atoms with van der Waals surface area (Å²) in [6.45, 7) is 8.03. The lowest BCUT2D eigenvalue weighted by Gasteiger charge is -2.32. The third-order valence-corrected chi connectivity index (χ3v) is 4.13. The topological polar surface area (TPSA) is 57.4 Å². The molecule has 6 heteroatoms. The van der Waals surface area contributed by atoms with Crippen LogP contribution >= 0.6 is 15.9 Å². The molecule has 0 bridgehead atoms. The molecular weight excluding hydrogens is 295 g/mol. The van der Waals surface area contributed by atoms with E-state index in [9.17, 15) is 0 Å². The number of hydrogen-bond donors (Lipinski definition) is 1. The van der Waals surface area contributed by atoms with E-state index in [2.05, 4.69) is 20.9 Å². The van der Waals surface area contributed by atoms with Crippen molar-refractivity contribution in [2.75, 3.05) is 0 Å². The third-order valence-electron chi connectivity index (χ3n) is 3.66. The Hall–Kier alpha value is -0.425. The first-order chi connectivity index (χ1) is 8.23. The molecule has 98 valence electrons. The van der Waals surface area contributed by atoms with Crippen molar-refractivity contribution < 1.29 is 9.31 Å². The van der Waals surface area contributed by atoms with Crippen LogP contribution in [-0.2, 0) is 9.31 Å². The van der Waals surface area contributed by atoms with Crippen LogP contribution in [-0.4, -0.2) is 23.3 Å². The van der Waals surface area contributed by atoms with E-state index in [0.29, 0.717) is 0 Å². The highest BCUT2D eigenvalue weighted by molar-refractivity contribution is 9.10. The van der Waals surface area contributed by atoms with Crippen LogP contribution in [0.15, 0.2) is 22.8 Å². The summed E-state index contributed by atoms with van der Waals surface area (Å²) in [5, 5.41) is 0. The van der Waals surface area contributed by atoms with E-state index in [1.807, 2.05) is 39.8 Å². The molecule has 1 unspecified atom stereocenters. The monoisotopic (exact) mass is 312 g/mol. The second kappa shape index (κ2) is 4.60. The van der Waals surface area contributed by atoms with Crippen LogP contribution in [0.5, 0.6) is 0 Å². The van der Waals surface area contributed by atoms with E-state index >= 15 is 0 Å². The Morgan fingerprint density at radius 1 is 1.22 bits per heavy atom. The van der Waals surface area contributed by atoms with Gasteiger partial charge in [-0.3, -0.25) is 4.98 Å². The number of pyridine rings is 1. The first-order valence-corrected chi connectivity index (χ1v) is 6.75. The Morgan fingerprint density at radius 2 is 1.78 bits per heavy atom. The minimum absolute atomic E-state index is 0.370. The van der Waals surface area contributed by atoms with Crippen LogP contribution in [0.4, 0.5) is 0 Å². The van der Waals surface area contributed by atoms with Crippen molar-refractivity contribution in [3.63, 3.8) is 0 Å². The van der Waals surface area contributed by atoms with Gasteiger partial charge in [-0.1, -0.05) is 0 Å². The molecule has 1 atom stereocenters. The average Bonchev–Trinajstić information content (AvgIpc) is 2.48. The maximum absolute atomic E-state index is 6.16. The maximum atomic E-state index is 6.16. The fourth-order valence-electron chi connectivity index (χ4n) is 1.76. The Balaban J connectivity index is 2.17. The Morgan fingerprint density at radius 3 is 2.22 bits per heavy atom. The molecule has 0 spiro atoms. The van der Waals surface area contributed by atoms with Crippen LogP contribution < -0.4 is 5.73 Å². The zero-order valence-electron chi connectivity index (χ0n) is 11.1. The van der Waals surface area contributed by atoms with Crippen LogP contribution in [0.3, 0.4) is 0 Å². The predicted octanol–water partition coefficient (Wildman–Crippen LogP) is 2.48. The van der Waals surface area contributed by atoms with Crippen molar-refractivity contribution in [2.45, 2.75) is 44.8 Å². The van der Waals surface area contributed by atoms with Gasteiger partial charge in [0, 0.05) is 10.7 Å². The number of nitrogens with zero attached hydrogens (tertiary/aromatic N) is 1. The largest absolute Gasteiger partial charge is 0.482 e. The van der Waals surface area contributed by atoms with Crippen LogP contribution in [0.1, 0.15) is 39.3 Å². The summed E-state index contributed by atoms with van der Waals surface area (Å²) in [6.07, 6.45) is 1.72. The summed E-state index contributed by atoms with van der Waals surface area (Å²) in [5.74, 6) is -0.390. The molecule has 1 aromatic rings. The highest BCUT2D eigenvalue weighted by Gasteiger charge is 2.53. The van der Waals surface area contributed by atoms with Crippen LogP contribution in [0.2, 0.25) is 0 Å². The summed E-state index contributed by atoms with van der Waals surface area (Å²) < 4.78 is 12.7. The molecule has 1 aliphatic heterocycles. The molecule has 1 aromatic heterocycles. The van der Waals surface area contributed by atoms with Crippen molar-refractivity contribution in [2.24, 2.45) is 5.73 Å². The SMILES string of the molecule is CC1(C)OB(C(N)c2ccc(Br)cn2)OC1(C)C. The quantitative estimate of drug-likeness (QED) is 0.852. The van der Waals surface area contributed by atoms with Gasteiger partial charge < -0.3 is 15.0 Å². The van der Waals surface area contributed by atoms with Crippen molar-refractivity contribution in [1.82, 2.24) is 4.98 Å². The van der Waals surface area contributed by atoms with Crippen molar-refractivity contribution in [1.29, 1.82) is 0 Å². The molecule has 1 aliphatic rings. The molecule has 2 heterocycles. The highest BCUT2D eigenvalue weighted by Crippen LogP contribution is 2.39. The summed E-state index contributed by atoms with van der Waals surface area (Å²) in [4.78, 5) is 4.29. The van der Waals surface area contributed by atoms with E-state index in [1.54, 1.807) is 6.20 Å². The number of nitrogens with two attached hydrogens (primary N) is 1. The lowest BCUT2D eigenvalue weighted by Crippen LogP contribution is -2.41. The smallest absolute Gasteiger partial charge is 0.402 e. The van der Waals surface area contributed by atoms with Gasteiger partial charge in [0.15, 0.2) is 0 Å². The lowest BCUT2D eigenvalue weighted by atomic mass is 9.77. The van der Waals surface area contributed by atoms with Gasteiger partial charge in [0.25, 0.3) is 0 Å². The molecular formula is C12H18BBrN2O2. The highest BCUT2D eigenvalue weighted by atomic mass is 79.9. The molecule has 1 saturated heterocycles. The van der Waals surface area contributed by atoms with Gasteiger partial charge in [0.2, 0.25) is 0 Å². The van der Waals surface area contributed by atoms with E-state index in [-0.39, 0.29) is 17.1 Å². The van der Waals surface area contributed by atoms with Gasteiger partial charge in [-0.15, -0.1) is 0 Å². The van der Waals surface area contributed by atoms with E-state index in [4.69, 9.17) is 15.0 Å². The lowest BCUT2D eigenvalue weighted by molar-refractivity contribution is 0.00578. The molecule has 0 amide bonds. The Bertz CT molecular complexity index is 420. The minimum Gasteiger partial charge on any atom is -0.402 e. The van der Waals surface area contributed by atoms with E-state index < -0.39 is 7.12 Å². The predicted molar refractivity (Wildman–Crippen MR) is 74.9 cm³/mol.